The highest BCUT2D eigenvalue weighted by Crippen LogP contribution is 2.12. The molecule has 1 heterocycles. The lowest BCUT2D eigenvalue weighted by molar-refractivity contribution is -0.148. The number of carbonyl (C=O) groups excluding carboxylic acids is 3. The number of rotatable bonds is 4. The molecule has 7 heteroatoms. The van der Waals surface area contributed by atoms with Crippen LogP contribution in [0.4, 0.5) is 4.79 Å². The fraction of sp³-hybridized carbons (Fsp3) is 0.786. The van der Waals surface area contributed by atoms with Crippen LogP contribution in [0.5, 0.6) is 0 Å². The second-order valence-electron chi connectivity index (χ2n) is 6.33. The molecule has 1 saturated heterocycles. The number of hydrogen-bond acceptors (Lipinski definition) is 5. The molecule has 120 valence electrons. The van der Waals surface area contributed by atoms with E-state index in [0.29, 0.717) is 19.4 Å². The molecule has 0 bridgehead atoms. The van der Waals surface area contributed by atoms with Crippen LogP contribution in [-0.2, 0) is 14.3 Å². The first-order valence-corrected chi connectivity index (χ1v) is 7.13. The lowest BCUT2D eigenvalue weighted by Gasteiger charge is -2.30. The van der Waals surface area contributed by atoms with E-state index in [1.807, 2.05) is 6.92 Å². The van der Waals surface area contributed by atoms with E-state index in [-0.39, 0.29) is 23.9 Å². The first kappa shape index (κ1) is 17.4. The molecule has 2 N–H and O–H groups in total. The number of hydrogen-bond donors (Lipinski definition) is 2. The highest BCUT2D eigenvalue weighted by atomic mass is 16.6. The molecule has 21 heavy (non-hydrogen) atoms. The third-order valence-electron chi connectivity index (χ3n) is 3.09. The quantitative estimate of drug-likeness (QED) is 0.744. The standard InChI is InChI=1S/C14H25N3O4/c1-9(8-15-13(20)21-14(2,3)4)16-10-6-7-11(18)17(5)12(10)19/h9-10,16H,6-8H2,1-5H3,(H,15,20). The summed E-state index contributed by atoms with van der Waals surface area (Å²) >= 11 is 0. The number of piperidine rings is 1. The maximum Gasteiger partial charge on any atom is 0.407 e. The van der Waals surface area contributed by atoms with Crippen LogP contribution < -0.4 is 10.6 Å². The first-order chi connectivity index (χ1) is 9.60. The van der Waals surface area contributed by atoms with Crippen LogP contribution >= 0.6 is 0 Å². The van der Waals surface area contributed by atoms with Crippen molar-refractivity contribution in [3.63, 3.8) is 0 Å². The summed E-state index contributed by atoms with van der Waals surface area (Å²) in [6, 6.07) is -0.490. The van der Waals surface area contributed by atoms with Crippen molar-refractivity contribution in [3.8, 4) is 0 Å². The van der Waals surface area contributed by atoms with Gasteiger partial charge in [-0.3, -0.25) is 14.5 Å². The molecule has 1 aliphatic rings. The van der Waals surface area contributed by atoms with E-state index in [1.165, 1.54) is 7.05 Å². The summed E-state index contributed by atoms with van der Waals surface area (Å²) in [6.07, 6.45) is 0.351. The zero-order chi connectivity index (χ0) is 16.2. The van der Waals surface area contributed by atoms with E-state index in [9.17, 15) is 14.4 Å². The van der Waals surface area contributed by atoms with Gasteiger partial charge in [-0.15, -0.1) is 0 Å². The summed E-state index contributed by atoms with van der Waals surface area (Å²) in [5, 5.41) is 5.77. The maximum absolute atomic E-state index is 11.9. The Morgan fingerprint density at radius 3 is 2.62 bits per heavy atom. The number of imide groups is 1. The van der Waals surface area contributed by atoms with Crippen LogP contribution in [0.1, 0.15) is 40.5 Å². The minimum absolute atomic E-state index is 0.104. The Bertz CT molecular complexity index is 417. The van der Waals surface area contributed by atoms with Gasteiger partial charge in [0.15, 0.2) is 0 Å². The average molecular weight is 299 g/mol. The Balaban J connectivity index is 2.37. The normalized spacial score (nSPS) is 21.2. The van der Waals surface area contributed by atoms with E-state index in [0.717, 1.165) is 4.90 Å². The predicted octanol–water partition coefficient (Wildman–Crippen LogP) is 0.637. The van der Waals surface area contributed by atoms with Crippen LogP contribution in [0, 0.1) is 0 Å². The Kier molecular flexibility index (Phi) is 5.71. The largest absolute Gasteiger partial charge is 0.444 e. The Morgan fingerprint density at radius 2 is 2.05 bits per heavy atom. The van der Waals surface area contributed by atoms with Crippen LogP contribution in [0.25, 0.3) is 0 Å². The molecule has 2 unspecified atom stereocenters. The monoisotopic (exact) mass is 299 g/mol. The molecule has 1 rings (SSSR count). The SMILES string of the molecule is CC(CNC(=O)OC(C)(C)C)NC1CCC(=O)N(C)C1=O. The molecular formula is C14H25N3O4. The van der Waals surface area contributed by atoms with Gasteiger partial charge >= 0.3 is 6.09 Å². The van der Waals surface area contributed by atoms with Crippen molar-refractivity contribution in [2.75, 3.05) is 13.6 Å². The van der Waals surface area contributed by atoms with Crippen LogP contribution in [0.3, 0.4) is 0 Å². The number of nitrogens with zero attached hydrogens (tertiary/aromatic N) is 1. The van der Waals surface area contributed by atoms with E-state index < -0.39 is 11.7 Å². The minimum Gasteiger partial charge on any atom is -0.444 e. The predicted molar refractivity (Wildman–Crippen MR) is 77.6 cm³/mol. The highest BCUT2D eigenvalue weighted by Gasteiger charge is 2.32. The summed E-state index contributed by atoms with van der Waals surface area (Å²) < 4.78 is 5.13. The summed E-state index contributed by atoms with van der Waals surface area (Å²) in [6.45, 7) is 7.59. The maximum atomic E-state index is 11.9. The lowest BCUT2D eigenvalue weighted by atomic mass is 10.0. The molecular weight excluding hydrogens is 274 g/mol. The van der Waals surface area contributed by atoms with Gasteiger partial charge < -0.3 is 15.4 Å². The van der Waals surface area contributed by atoms with Gasteiger partial charge in [-0.05, 0) is 34.1 Å². The van der Waals surface area contributed by atoms with Gasteiger partial charge in [0.25, 0.3) is 0 Å². The summed E-state index contributed by atoms with van der Waals surface area (Å²) in [4.78, 5) is 36.0. The van der Waals surface area contributed by atoms with Crippen LogP contribution in [-0.4, -0.2) is 54.1 Å². The number of likely N-dealkylation sites (N-methyl/N-ethyl adjacent to an activating group) is 1. The molecule has 0 aliphatic carbocycles. The Morgan fingerprint density at radius 1 is 1.43 bits per heavy atom. The average Bonchev–Trinajstić information content (AvgIpc) is 2.35. The molecule has 3 amide bonds. The second-order valence-corrected chi connectivity index (χ2v) is 6.33. The molecule has 1 aliphatic heterocycles. The number of alkyl carbamates (subject to hydrolysis) is 1. The van der Waals surface area contributed by atoms with Crippen LogP contribution in [0.2, 0.25) is 0 Å². The first-order valence-electron chi connectivity index (χ1n) is 7.13. The number of ether oxygens (including phenoxy) is 1. The molecule has 2 atom stereocenters. The summed E-state index contributed by atoms with van der Waals surface area (Å²) in [7, 11) is 1.49. The zero-order valence-electron chi connectivity index (χ0n) is 13.4. The Labute approximate surface area is 125 Å². The molecule has 0 spiro atoms. The fourth-order valence-corrected chi connectivity index (χ4v) is 2.02. The van der Waals surface area contributed by atoms with Gasteiger partial charge in [0.2, 0.25) is 11.8 Å². The second kappa shape index (κ2) is 6.89. The Hall–Kier alpha value is -1.63. The van der Waals surface area contributed by atoms with Crippen molar-refractivity contribution in [2.24, 2.45) is 0 Å². The molecule has 0 aromatic rings. The lowest BCUT2D eigenvalue weighted by Crippen LogP contribution is -2.55. The van der Waals surface area contributed by atoms with E-state index in [4.69, 9.17) is 4.74 Å². The van der Waals surface area contributed by atoms with Crippen molar-refractivity contribution in [1.29, 1.82) is 0 Å². The molecule has 0 radical (unpaired) electrons. The molecule has 7 nitrogen and oxygen atoms in total. The van der Waals surface area contributed by atoms with Gasteiger partial charge in [-0.2, -0.15) is 0 Å². The minimum atomic E-state index is -0.539. The number of amides is 3. The van der Waals surface area contributed by atoms with Gasteiger partial charge in [-0.1, -0.05) is 0 Å². The van der Waals surface area contributed by atoms with Crippen molar-refractivity contribution < 1.29 is 19.1 Å². The van der Waals surface area contributed by atoms with Crippen LogP contribution in [0.15, 0.2) is 0 Å². The van der Waals surface area contributed by atoms with Crippen molar-refractivity contribution in [1.82, 2.24) is 15.5 Å². The number of likely N-dealkylation sites (tertiary alicyclic amines) is 1. The number of carbonyl (C=O) groups is 3. The van der Waals surface area contributed by atoms with E-state index >= 15 is 0 Å². The number of nitrogens with one attached hydrogen (secondary N) is 2. The topological polar surface area (TPSA) is 87.7 Å². The van der Waals surface area contributed by atoms with Crippen molar-refractivity contribution in [3.05, 3.63) is 0 Å². The third kappa shape index (κ3) is 5.71. The summed E-state index contributed by atoms with van der Waals surface area (Å²) in [5.74, 6) is -0.382. The molecule has 1 fully saturated rings. The zero-order valence-corrected chi connectivity index (χ0v) is 13.4. The van der Waals surface area contributed by atoms with Crippen molar-refractivity contribution >= 4 is 17.9 Å². The fourth-order valence-electron chi connectivity index (χ4n) is 2.02. The van der Waals surface area contributed by atoms with Gasteiger partial charge in [0.1, 0.15) is 5.60 Å². The van der Waals surface area contributed by atoms with Gasteiger partial charge in [0, 0.05) is 26.1 Å². The highest BCUT2D eigenvalue weighted by molar-refractivity contribution is 6.00. The molecule has 0 aromatic carbocycles. The smallest absolute Gasteiger partial charge is 0.407 e. The third-order valence-corrected chi connectivity index (χ3v) is 3.09. The molecule has 0 saturated carbocycles. The van der Waals surface area contributed by atoms with Gasteiger partial charge in [-0.25, -0.2) is 4.79 Å². The van der Waals surface area contributed by atoms with Gasteiger partial charge in [0.05, 0.1) is 6.04 Å². The van der Waals surface area contributed by atoms with Crippen molar-refractivity contribution in [2.45, 2.75) is 58.2 Å². The van der Waals surface area contributed by atoms with E-state index in [1.54, 1.807) is 20.8 Å². The van der Waals surface area contributed by atoms with E-state index in [2.05, 4.69) is 10.6 Å². The summed E-state index contributed by atoms with van der Waals surface area (Å²) in [5.41, 5.74) is -0.539. The molecule has 0 aromatic heterocycles.